The molecule has 6 rings (SSSR count). The van der Waals surface area contributed by atoms with Crippen molar-refractivity contribution in [1.29, 1.82) is 0 Å². The minimum Gasteiger partial charge on any atom is -0.456 e. The molecule has 0 saturated carbocycles. The number of H-pyrrole nitrogens is 1. The molecule has 0 bridgehead atoms. The van der Waals surface area contributed by atoms with Crippen LogP contribution < -0.4 is 25.2 Å². The van der Waals surface area contributed by atoms with Gasteiger partial charge >= 0.3 is 6.61 Å². The lowest BCUT2D eigenvalue weighted by Gasteiger charge is -2.35. The summed E-state index contributed by atoms with van der Waals surface area (Å²) in [7, 11) is 0. The number of ether oxygens (including phenoxy) is 3. The Labute approximate surface area is 223 Å². The molecule has 0 radical (unpaired) electrons. The highest BCUT2D eigenvalue weighted by molar-refractivity contribution is 5.59. The van der Waals surface area contributed by atoms with Crippen molar-refractivity contribution in [2.45, 2.75) is 25.7 Å². The molecule has 2 aliphatic rings. The molecule has 2 aromatic carbocycles. The lowest BCUT2D eigenvalue weighted by atomic mass is 9.95. The molecule has 0 spiro atoms. The van der Waals surface area contributed by atoms with E-state index in [1.165, 1.54) is 12.3 Å². The fourth-order valence-corrected chi connectivity index (χ4v) is 5.01. The summed E-state index contributed by atoms with van der Waals surface area (Å²) < 4.78 is 42.0. The van der Waals surface area contributed by atoms with Crippen LogP contribution in [0.15, 0.2) is 78.0 Å². The van der Waals surface area contributed by atoms with E-state index in [-0.39, 0.29) is 17.4 Å². The van der Waals surface area contributed by atoms with Crippen LogP contribution in [0.1, 0.15) is 28.4 Å². The van der Waals surface area contributed by atoms with Crippen LogP contribution in [0.3, 0.4) is 0 Å². The average Bonchev–Trinajstić information content (AvgIpc) is 2.95. The van der Waals surface area contributed by atoms with Gasteiger partial charge in [-0.3, -0.25) is 9.78 Å². The molecular formula is C29H26F2N4O4. The van der Waals surface area contributed by atoms with E-state index in [0.717, 1.165) is 39.4 Å². The van der Waals surface area contributed by atoms with Crippen molar-refractivity contribution in [2.75, 3.05) is 29.9 Å². The number of anilines is 2. The van der Waals surface area contributed by atoms with Gasteiger partial charge in [0.15, 0.2) is 0 Å². The molecule has 0 aliphatic carbocycles. The number of para-hydroxylation sites is 1. The second-order valence-corrected chi connectivity index (χ2v) is 9.39. The predicted molar refractivity (Wildman–Crippen MR) is 142 cm³/mol. The highest BCUT2D eigenvalue weighted by Gasteiger charge is 2.29. The first-order valence-corrected chi connectivity index (χ1v) is 12.6. The van der Waals surface area contributed by atoms with Crippen molar-refractivity contribution in [3.63, 3.8) is 0 Å². The number of morpholine rings is 1. The lowest BCUT2D eigenvalue weighted by Crippen LogP contribution is -2.41. The topological polar surface area (TPSA) is 88.7 Å². The summed E-state index contributed by atoms with van der Waals surface area (Å²) in [6.07, 6.45) is 4.93. The van der Waals surface area contributed by atoms with Crippen molar-refractivity contribution in [3.05, 3.63) is 106 Å². The maximum atomic E-state index is 12.5. The molecule has 4 heterocycles. The van der Waals surface area contributed by atoms with E-state index < -0.39 is 6.61 Å². The summed E-state index contributed by atoms with van der Waals surface area (Å²) in [5, 5.41) is 3.31. The molecule has 8 nitrogen and oxygen atoms in total. The van der Waals surface area contributed by atoms with Gasteiger partial charge in [-0.2, -0.15) is 8.78 Å². The first-order chi connectivity index (χ1) is 19.0. The molecule has 1 fully saturated rings. The predicted octanol–water partition coefficient (Wildman–Crippen LogP) is 5.26. The van der Waals surface area contributed by atoms with Gasteiger partial charge in [-0.1, -0.05) is 18.2 Å². The van der Waals surface area contributed by atoms with Gasteiger partial charge in [0.1, 0.15) is 29.0 Å². The van der Waals surface area contributed by atoms with Crippen molar-refractivity contribution < 1.29 is 23.0 Å². The number of nitrogens with one attached hydrogen (secondary N) is 2. The number of halogens is 2. The van der Waals surface area contributed by atoms with Gasteiger partial charge < -0.3 is 29.4 Å². The Morgan fingerprint density at radius 2 is 2.05 bits per heavy atom. The van der Waals surface area contributed by atoms with Crippen molar-refractivity contribution in [3.8, 4) is 17.2 Å². The van der Waals surface area contributed by atoms with Crippen LogP contribution in [-0.2, 0) is 17.7 Å². The van der Waals surface area contributed by atoms with Crippen LogP contribution in [0.4, 0.5) is 20.2 Å². The summed E-state index contributed by atoms with van der Waals surface area (Å²) in [5.74, 6) is 1.58. The van der Waals surface area contributed by atoms with Crippen LogP contribution in [0.2, 0.25) is 0 Å². The number of aromatic nitrogens is 2. The molecule has 2 aromatic heterocycles. The quantitative estimate of drug-likeness (QED) is 0.296. The average molecular weight is 533 g/mol. The van der Waals surface area contributed by atoms with Crippen molar-refractivity contribution in [2.24, 2.45) is 0 Å². The number of benzene rings is 2. The molecule has 1 saturated heterocycles. The summed E-state index contributed by atoms with van der Waals surface area (Å²) in [6.45, 7) is -0.816. The van der Waals surface area contributed by atoms with Gasteiger partial charge in [-0.05, 0) is 47.5 Å². The smallest absolute Gasteiger partial charge is 0.387 e. The Morgan fingerprint density at radius 3 is 2.92 bits per heavy atom. The minimum absolute atomic E-state index is 0.0242. The number of rotatable bonds is 7. The Hall–Kier alpha value is -4.44. The maximum Gasteiger partial charge on any atom is 0.387 e. The summed E-state index contributed by atoms with van der Waals surface area (Å²) >= 11 is 0. The van der Waals surface area contributed by atoms with Gasteiger partial charge in [0.05, 0.1) is 12.8 Å². The number of hydrogen-bond donors (Lipinski definition) is 2. The number of fused-ring (bicyclic) bond motifs is 2. The standard InChI is InChI=1S/C29H26F2N4O4/c30-29(31)38-22-11-18(14-32-16-22)15-34-21-6-7-25-20(13-21)12-19-3-1-4-23(27(19)39-25)26-17-35(9-10-37-26)24-5-2-8-33-28(24)36/h1-8,11,13-14,16,26,29,34H,9-10,12,15,17H2,(H,33,36). The third-order valence-electron chi connectivity index (χ3n) is 6.82. The second-order valence-electron chi connectivity index (χ2n) is 9.39. The third-order valence-corrected chi connectivity index (χ3v) is 6.82. The number of nitrogens with zero attached hydrogens (tertiary/aromatic N) is 2. The highest BCUT2D eigenvalue weighted by Crippen LogP contribution is 2.43. The molecule has 1 atom stereocenters. The summed E-state index contributed by atoms with van der Waals surface area (Å²) in [4.78, 5) is 21.1. The highest BCUT2D eigenvalue weighted by atomic mass is 19.3. The molecule has 0 amide bonds. The summed E-state index contributed by atoms with van der Waals surface area (Å²) in [6, 6.07) is 17.1. The number of hydrogen-bond acceptors (Lipinski definition) is 7. The first kappa shape index (κ1) is 24.9. The first-order valence-electron chi connectivity index (χ1n) is 12.6. The van der Waals surface area contributed by atoms with Crippen LogP contribution >= 0.6 is 0 Å². The van der Waals surface area contributed by atoms with E-state index in [2.05, 4.69) is 20.0 Å². The van der Waals surface area contributed by atoms with Crippen LogP contribution in [0.25, 0.3) is 0 Å². The van der Waals surface area contributed by atoms with E-state index >= 15 is 0 Å². The largest absolute Gasteiger partial charge is 0.456 e. The van der Waals surface area contributed by atoms with E-state index in [9.17, 15) is 13.6 Å². The lowest BCUT2D eigenvalue weighted by molar-refractivity contribution is -0.0501. The van der Waals surface area contributed by atoms with E-state index in [1.807, 2.05) is 53.4 Å². The van der Waals surface area contributed by atoms with E-state index in [1.54, 1.807) is 12.4 Å². The zero-order valence-electron chi connectivity index (χ0n) is 20.9. The third kappa shape index (κ3) is 5.42. The van der Waals surface area contributed by atoms with Gasteiger partial charge in [-0.15, -0.1) is 0 Å². The zero-order valence-corrected chi connectivity index (χ0v) is 20.9. The molecule has 39 heavy (non-hydrogen) atoms. The van der Waals surface area contributed by atoms with Gasteiger partial charge in [0.2, 0.25) is 0 Å². The van der Waals surface area contributed by atoms with Crippen molar-refractivity contribution in [1.82, 2.24) is 9.97 Å². The Balaban J connectivity index is 1.17. The Bertz CT molecular complexity index is 1540. The van der Waals surface area contributed by atoms with Crippen LogP contribution in [-0.4, -0.2) is 36.3 Å². The Kier molecular flexibility index (Phi) is 6.85. The zero-order chi connectivity index (χ0) is 26.8. The van der Waals surface area contributed by atoms with Crippen LogP contribution in [0, 0.1) is 0 Å². The minimum atomic E-state index is -2.89. The number of pyridine rings is 2. The number of alkyl halides is 2. The van der Waals surface area contributed by atoms with Crippen LogP contribution in [0.5, 0.6) is 17.2 Å². The fourth-order valence-electron chi connectivity index (χ4n) is 5.01. The molecule has 4 aromatic rings. The molecular weight excluding hydrogens is 506 g/mol. The molecule has 1 unspecified atom stereocenters. The Morgan fingerprint density at radius 1 is 1.13 bits per heavy atom. The SMILES string of the molecule is O=c1[nH]cccc1N1CCOC(c2cccc3c2Oc2ccc(NCc4cncc(OC(F)F)c4)cc2C3)C1. The van der Waals surface area contributed by atoms with Gasteiger partial charge in [-0.25, -0.2) is 0 Å². The van der Waals surface area contributed by atoms with Gasteiger partial charge in [0, 0.05) is 55.3 Å². The van der Waals surface area contributed by atoms with E-state index in [0.29, 0.717) is 38.3 Å². The fraction of sp³-hybridized carbons (Fsp3) is 0.241. The maximum absolute atomic E-state index is 12.5. The van der Waals surface area contributed by atoms with Gasteiger partial charge in [0.25, 0.3) is 5.56 Å². The monoisotopic (exact) mass is 532 g/mol. The molecule has 10 heteroatoms. The molecule has 2 N–H and O–H groups in total. The normalized spacial score (nSPS) is 16.3. The summed E-state index contributed by atoms with van der Waals surface area (Å²) in [5.41, 5.74) is 5.14. The van der Waals surface area contributed by atoms with Crippen molar-refractivity contribution >= 4 is 11.4 Å². The number of aromatic amines is 1. The van der Waals surface area contributed by atoms with E-state index in [4.69, 9.17) is 9.47 Å². The molecule has 200 valence electrons. The second kappa shape index (κ2) is 10.7. The molecule has 2 aliphatic heterocycles.